The molecule has 0 aromatic heterocycles. The highest BCUT2D eigenvalue weighted by Crippen LogP contribution is 2.49. The number of para-hydroxylation sites is 2. The van der Waals surface area contributed by atoms with E-state index in [4.69, 9.17) is 9.47 Å². The summed E-state index contributed by atoms with van der Waals surface area (Å²) in [7, 11) is 3.61. The van der Waals surface area contributed by atoms with E-state index in [1.807, 2.05) is 7.11 Å². The average Bonchev–Trinajstić information content (AvgIpc) is 3.75. The molecule has 5 nitrogen and oxygen atoms in total. The van der Waals surface area contributed by atoms with Crippen molar-refractivity contribution in [3.63, 3.8) is 0 Å². The lowest BCUT2D eigenvalue weighted by atomic mass is 9.78. The van der Waals surface area contributed by atoms with Crippen molar-refractivity contribution in [1.82, 2.24) is 0 Å². The number of anilines is 3. The van der Waals surface area contributed by atoms with Crippen molar-refractivity contribution in [2.24, 2.45) is 0 Å². The third-order valence-corrected chi connectivity index (χ3v) is 12.4. The molecule has 3 aliphatic rings. The third-order valence-electron chi connectivity index (χ3n) is 12.4. The monoisotopic (exact) mass is 748 g/mol. The molecule has 292 valence electrons. The Labute approximate surface area is 336 Å². The Morgan fingerprint density at radius 2 is 1.38 bits per heavy atom. The second-order valence-corrected chi connectivity index (χ2v) is 17.0. The predicted molar refractivity (Wildman–Crippen MR) is 235 cm³/mol. The molecular weight excluding hydrogens is 687 g/mol. The van der Waals surface area contributed by atoms with Gasteiger partial charge in [-0.05, 0) is 106 Å². The largest absolute Gasteiger partial charge is 0.385 e. The molecule has 1 unspecified atom stereocenters. The number of methoxy groups -OCH3 is 2. The second-order valence-electron chi connectivity index (χ2n) is 17.0. The van der Waals surface area contributed by atoms with E-state index in [0.29, 0.717) is 6.04 Å². The van der Waals surface area contributed by atoms with Gasteiger partial charge in [0.1, 0.15) is 0 Å². The van der Waals surface area contributed by atoms with Crippen LogP contribution in [0.3, 0.4) is 0 Å². The number of ether oxygens (including phenoxy) is 2. The molecule has 2 aliphatic heterocycles. The first-order chi connectivity index (χ1) is 27.1. The van der Waals surface area contributed by atoms with Gasteiger partial charge < -0.3 is 19.3 Å². The van der Waals surface area contributed by atoms with Crippen LogP contribution in [0.25, 0.3) is 0 Å². The van der Waals surface area contributed by atoms with Crippen molar-refractivity contribution in [3.8, 4) is 0 Å². The summed E-state index contributed by atoms with van der Waals surface area (Å²) in [6.07, 6.45) is 12.4. The number of hydrogen-bond donors (Lipinski definition) is 0. The van der Waals surface area contributed by atoms with Gasteiger partial charge in [-0.25, -0.2) is 0 Å². The minimum atomic E-state index is -0.130. The SMILES string of the molecule is COCCCN1c2ccc(C)cc2C(C)(C)C1C/C=C1\CCC(/C=C/C2=[N+](CCCOC)c3ccc(C)cc3C2(C)C)=C1N(c1ccccc1)c1ccccc1. The van der Waals surface area contributed by atoms with Crippen LogP contribution in [0.1, 0.15) is 82.1 Å². The van der Waals surface area contributed by atoms with Crippen LogP contribution in [0.4, 0.5) is 22.7 Å². The van der Waals surface area contributed by atoms with Crippen LogP contribution >= 0.6 is 0 Å². The minimum absolute atomic E-state index is 0.000419. The first kappa shape index (κ1) is 39.5. The Bertz CT molecular complexity index is 2100. The maximum atomic E-state index is 5.53. The summed E-state index contributed by atoms with van der Waals surface area (Å²) >= 11 is 0. The second kappa shape index (κ2) is 16.8. The normalized spacial score (nSPS) is 19.1. The van der Waals surface area contributed by atoms with Crippen LogP contribution in [0.2, 0.25) is 0 Å². The van der Waals surface area contributed by atoms with Crippen LogP contribution in [0.5, 0.6) is 0 Å². The van der Waals surface area contributed by atoms with Crippen molar-refractivity contribution < 1.29 is 14.0 Å². The fourth-order valence-corrected chi connectivity index (χ4v) is 9.48. The minimum Gasteiger partial charge on any atom is -0.385 e. The van der Waals surface area contributed by atoms with Crippen LogP contribution < -0.4 is 9.80 Å². The fourth-order valence-electron chi connectivity index (χ4n) is 9.48. The number of aryl methyl sites for hydroxylation is 2. The fraction of sp³-hybridized carbons (Fsp3) is 0.392. The van der Waals surface area contributed by atoms with Crippen molar-refractivity contribution in [2.75, 3.05) is 50.3 Å². The highest BCUT2D eigenvalue weighted by molar-refractivity contribution is 6.03. The Morgan fingerprint density at radius 3 is 2.04 bits per heavy atom. The Balaban J connectivity index is 1.34. The molecule has 0 fully saturated rings. The van der Waals surface area contributed by atoms with E-state index in [9.17, 15) is 0 Å². The molecule has 0 saturated heterocycles. The molecule has 56 heavy (non-hydrogen) atoms. The van der Waals surface area contributed by atoms with E-state index in [-0.39, 0.29) is 10.8 Å². The molecule has 0 amide bonds. The van der Waals surface area contributed by atoms with Gasteiger partial charge in [0.2, 0.25) is 5.69 Å². The molecule has 1 atom stereocenters. The standard InChI is InChI=1S/C51H62N3O2/c1-37-21-27-45-43(35-37)50(3,4)47(52(45)31-15-33-55-7)29-25-39-23-24-40(49(39)54(41-17-11-9-12-18-41)42-19-13-10-14-20-42)26-30-48-51(5,6)44-36-38(2)22-28-46(44)53(48)32-16-34-56-8/h9-14,17-22,25-29,35-36,48H,15-16,23-24,30-34H2,1-8H3/q+1/b40-26+. The van der Waals surface area contributed by atoms with E-state index in [1.54, 1.807) is 7.11 Å². The zero-order chi connectivity index (χ0) is 39.5. The van der Waals surface area contributed by atoms with Gasteiger partial charge in [-0.2, -0.15) is 4.58 Å². The number of nitrogens with zero attached hydrogens (tertiary/aromatic N) is 3. The molecule has 2 heterocycles. The van der Waals surface area contributed by atoms with Gasteiger partial charge >= 0.3 is 0 Å². The van der Waals surface area contributed by atoms with E-state index >= 15 is 0 Å². The summed E-state index contributed by atoms with van der Waals surface area (Å²) < 4.78 is 13.6. The van der Waals surface area contributed by atoms with E-state index in [1.165, 1.54) is 67.6 Å². The highest BCUT2D eigenvalue weighted by Gasteiger charge is 2.45. The Hall–Kier alpha value is -4.71. The van der Waals surface area contributed by atoms with Gasteiger partial charge in [-0.15, -0.1) is 0 Å². The van der Waals surface area contributed by atoms with E-state index in [2.05, 4.69) is 171 Å². The molecule has 0 radical (unpaired) electrons. The van der Waals surface area contributed by atoms with Crippen molar-refractivity contribution in [1.29, 1.82) is 0 Å². The number of rotatable bonds is 15. The number of allylic oxidation sites excluding steroid dienone is 4. The van der Waals surface area contributed by atoms with Gasteiger partial charge in [0.25, 0.3) is 0 Å². The summed E-state index contributed by atoms with van der Waals surface area (Å²) in [5.74, 6) is 0. The smallest absolute Gasteiger partial charge is 0.209 e. The molecule has 0 bridgehead atoms. The maximum Gasteiger partial charge on any atom is 0.209 e. The zero-order valence-corrected chi connectivity index (χ0v) is 35.1. The third kappa shape index (κ3) is 7.69. The summed E-state index contributed by atoms with van der Waals surface area (Å²) in [5, 5.41) is 0. The summed E-state index contributed by atoms with van der Waals surface area (Å²) in [5.41, 5.74) is 15.9. The molecule has 4 aromatic rings. The van der Waals surface area contributed by atoms with Gasteiger partial charge in [-0.1, -0.05) is 91.7 Å². The molecule has 0 saturated carbocycles. The van der Waals surface area contributed by atoms with Gasteiger partial charge in [0.05, 0.1) is 17.7 Å². The summed E-state index contributed by atoms with van der Waals surface area (Å²) in [6, 6.07) is 36.2. The average molecular weight is 749 g/mol. The Kier molecular flexibility index (Phi) is 11.9. The summed E-state index contributed by atoms with van der Waals surface area (Å²) in [6.45, 7) is 17.5. The number of hydrogen-bond acceptors (Lipinski definition) is 4. The lowest BCUT2D eigenvalue weighted by molar-refractivity contribution is -0.438. The van der Waals surface area contributed by atoms with Crippen molar-refractivity contribution in [3.05, 3.63) is 154 Å². The van der Waals surface area contributed by atoms with Crippen LogP contribution in [-0.4, -0.2) is 56.9 Å². The highest BCUT2D eigenvalue weighted by atomic mass is 16.5. The first-order valence-electron chi connectivity index (χ1n) is 20.7. The number of fused-ring (bicyclic) bond motifs is 2. The maximum absolute atomic E-state index is 5.53. The molecule has 0 N–H and O–H groups in total. The van der Waals surface area contributed by atoms with Crippen LogP contribution in [0.15, 0.2) is 132 Å². The first-order valence-corrected chi connectivity index (χ1v) is 20.7. The van der Waals surface area contributed by atoms with Crippen molar-refractivity contribution in [2.45, 2.75) is 90.5 Å². The lowest BCUT2D eigenvalue weighted by Gasteiger charge is -2.35. The van der Waals surface area contributed by atoms with Crippen LogP contribution in [0, 0.1) is 13.8 Å². The Morgan fingerprint density at radius 1 is 0.750 bits per heavy atom. The lowest BCUT2D eigenvalue weighted by Crippen LogP contribution is -2.42. The zero-order valence-electron chi connectivity index (χ0n) is 35.1. The van der Waals surface area contributed by atoms with E-state index < -0.39 is 0 Å². The summed E-state index contributed by atoms with van der Waals surface area (Å²) in [4.78, 5) is 5.18. The topological polar surface area (TPSA) is 28.0 Å². The molecule has 0 spiro atoms. The van der Waals surface area contributed by atoms with Crippen molar-refractivity contribution >= 4 is 28.5 Å². The molecule has 1 aliphatic carbocycles. The molecular formula is C51H62N3O2+. The predicted octanol–water partition coefficient (Wildman–Crippen LogP) is 11.7. The van der Waals surface area contributed by atoms with E-state index in [0.717, 1.165) is 58.4 Å². The van der Waals surface area contributed by atoms with Gasteiger partial charge in [-0.3, -0.25) is 0 Å². The quantitative estimate of drug-likeness (QED) is 0.0894. The van der Waals surface area contributed by atoms with Crippen LogP contribution in [-0.2, 0) is 20.3 Å². The van der Waals surface area contributed by atoms with Gasteiger partial charge in [0.15, 0.2) is 12.3 Å². The molecule has 5 heteroatoms. The molecule has 7 rings (SSSR count). The number of benzene rings is 4. The molecule has 4 aromatic carbocycles. The van der Waals surface area contributed by atoms with Gasteiger partial charge in [0, 0.05) is 80.0 Å².